The lowest BCUT2D eigenvalue weighted by Gasteiger charge is -2.40. The quantitative estimate of drug-likeness (QED) is 0.780. The summed E-state index contributed by atoms with van der Waals surface area (Å²) < 4.78 is 5.39. The van der Waals surface area contributed by atoms with Crippen molar-refractivity contribution in [3.63, 3.8) is 0 Å². The molecule has 0 bridgehead atoms. The van der Waals surface area contributed by atoms with Crippen molar-refractivity contribution >= 4 is 0 Å². The van der Waals surface area contributed by atoms with Crippen molar-refractivity contribution in [1.82, 2.24) is 10.2 Å². The van der Waals surface area contributed by atoms with Crippen molar-refractivity contribution in [3.05, 3.63) is 35.4 Å². The van der Waals surface area contributed by atoms with Crippen molar-refractivity contribution in [3.8, 4) is 0 Å². The first-order valence-electron chi connectivity index (χ1n) is 8.25. The van der Waals surface area contributed by atoms with Crippen molar-refractivity contribution < 1.29 is 4.74 Å². The summed E-state index contributed by atoms with van der Waals surface area (Å²) >= 11 is 0. The molecule has 2 rings (SSSR count). The number of benzene rings is 1. The number of nitrogens with zero attached hydrogens (tertiary/aromatic N) is 1. The number of nitrogens with one attached hydrogen (secondary N) is 1. The molecule has 0 aliphatic carbocycles. The Balaban J connectivity index is 2.19. The van der Waals surface area contributed by atoms with Gasteiger partial charge in [-0.05, 0) is 63.0 Å². The van der Waals surface area contributed by atoms with Crippen LogP contribution in [-0.2, 0) is 11.3 Å². The number of piperidine rings is 1. The van der Waals surface area contributed by atoms with Gasteiger partial charge in [-0.25, -0.2) is 0 Å². The average Bonchev–Trinajstić information content (AvgIpc) is 2.49. The molecule has 1 N–H and O–H groups in total. The minimum atomic E-state index is 0.509. The van der Waals surface area contributed by atoms with Crippen LogP contribution < -0.4 is 5.32 Å². The van der Waals surface area contributed by atoms with E-state index in [1.807, 2.05) is 0 Å². The van der Waals surface area contributed by atoms with Crippen LogP contribution in [0.1, 0.15) is 43.4 Å². The van der Waals surface area contributed by atoms with Crippen molar-refractivity contribution in [2.24, 2.45) is 5.92 Å². The number of rotatable bonds is 7. The Morgan fingerprint density at radius 3 is 2.90 bits per heavy atom. The van der Waals surface area contributed by atoms with Gasteiger partial charge in [-0.3, -0.25) is 4.90 Å². The summed E-state index contributed by atoms with van der Waals surface area (Å²) in [6.07, 6.45) is 3.82. The Hall–Kier alpha value is -0.900. The highest BCUT2D eigenvalue weighted by atomic mass is 16.5. The summed E-state index contributed by atoms with van der Waals surface area (Å²) in [5, 5.41) is 3.62. The van der Waals surface area contributed by atoms with E-state index in [1.165, 1.54) is 36.9 Å². The van der Waals surface area contributed by atoms with Crippen LogP contribution in [0.3, 0.4) is 0 Å². The van der Waals surface area contributed by atoms with Gasteiger partial charge in [0, 0.05) is 13.2 Å². The van der Waals surface area contributed by atoms with Gasteiger partial charge in [-0.15, -0.1) is 0 Å². The maximum Gasteiger partial charge on any atom is 0.0716 e. The highest BCUT2D eigenvalue weighted by Crippen LogP contribution is 2.36. The lowest BCUT2D eigenvalue weighted by Crippen LogP contribution is -2.41. The molecule has 1 fully saturated rings. The Morgan fingerprint density at radius 1 is 1.33 bits per heavy atom. The molecule has 3 nitrogen and oxygen atoms in total. The van der Waals surface area contributed by atoms with Gasteiger partial charge < -0.3 is 10.1 Å². The molecule has 1 aliphatic rings. The minimum Gasteiger partial charge on any atom is -0.380 e. The molecule has 118 valence electrons. The van der Waals surface area contributed by atoms with E-state index < -0.39 is 0 Å². The van der Waals surface area contributed by atoms with Gasteiger partial charge in [0.1, 0.15) is 0 Å². The second-order valence-electron chi connectivity index (χ2n) is 6.16. The van der Waals surface area contributed by atoms with Crippen LogP contribution in [0.2, 0.25) is 0 Å². The third kappa shape index (κ3) is 4.29. The number of hydrogen-bond donors (Lipinski definition) is 1. The fourth-order valence-electron chi connectivity index (χ4n) is 3.54. The van der Waals surface area contributed by atoms with Gasteiger partial charge in [0.25, 0.3) is 0 Å². The first kappa shape index (κ1) is 16.5. The largest absolute Gasteiger partial charge is 0.380 e. The SMILES string of the molecule is CCCNCC1CCCN(C)C1c1ccccc1COC. The van der Waals surface area contributed by atoms with Crippen LogP contribution in [0, 0.1) is 5.92 Å². The summed E-state index contributed by atoms with van der Waals surface area (Å²) in [5.74, 6) is 0.688. The topological polar surface area (TPSA) is 24.5 Å². The fourth-order valence-corrected chi connectivity index (χ4v) is 3.54. The van der Waals surface area contributed by atoms with Crippen molar-refractivity contribution in [2.45, 2.75) is 38.8 Å². The highest BCUT2D eigenvalue weighted by molar-refractivity contribution is 5.30. The predicted molar refractivity (Wildman–Crippen MR) is 88.4 cm³/mol. The van der Waals surface area contributed by atoms with E-state index in [0.717, 1.165) is 13.1 Å². The van der Waals surface area contributed by atoms with Crippen molar-refractivity contribution in [1.29, 1.82) is 0 Å². The Morgan fingerprint density at radius 2 is 2.14 bits per heavy atom. The molecule has 21 heavy (non-hydrogen) atoms. The molecule has 0 radical (unpaired) electrons. The maximum atomic E-state index is 5.39. The third-order valence-corrected chi connectivity index (χ3v) is 4.51. The number of hydrogen-bond acceptors (Lipinski definition) is 3. The van der Waals surface area contributed by atoms with E-state index in [4.69, 9.17) is 4.74 Å². The van der Waals surface area contributed by atoms with Crippen LogP contribution in [-0.4, -0.2) is 38.7 Å². The Labute approximate surface area is 129 Å². The molecular formula is C18H30N2O. The molecule has 1 aromatic carbocycles. The summed E-state index contributed by atoms with van der Waals surface area (Å²) in [7, 11) is 4.04. The first-order valence-corrected chi connectivity index (χ1v) is 8.25. The van der Waals surface area contributed by atoms with Gasteiger partial charge in [-0.1, -0.05) is 31.2 Å². The Kier molecular flexibility index (Phi) is 6.68. The lowest BCUT2D eigenvalue weighted by atomic mass is 9.83. The van der Waals surface area contributed by atoms with Crippen LogP contribution in [0.5, 0.6) is 0 Å². The van der Waals surface area contributed by atoms with Gasteiger partial charge >= 0.3 is 0 Å². The second-order valence-corrected chi connectivity index (χ2v) is 6.16. The van der Waals surface area contributed by atoms with E-state index in [2.05, 4.69) is 48.5 Å². The van der Waals surface area contributed by atoms with Gasteiger partial charge in [0.05, 0.1) is 6.61 Å². The molecule has 0 aromatic heterocycles. The third-order valence-electron chi connectivity index (χ3n) is 4.51. The summed E-state index contributed by atoms with van der Waals surface area (Å²) in [6.45, 7) is 6.36. The zero-order valence-corrected chi connectivity index (χ0v) is 13.8. The molecule has 1 saturated heterocycles. The molecule has 3 heteroatoms. The van der Waals surface area contributed by atoms with Crippen LogP contribution in [0.4, 0.5) is 0 Å². The van der Waals surface area contributed by atoms with E-state index in [0.29, 0.717) is 18.6 Å². The molecule has 0 spiro atoms. The summed E-state index contributed by atoms with van der Waals surface area (Å²) in [5.41, 5.74) is 2.78. The standard InChI is InChI=1S/C18H30N2O/c1-4-11-19-13-15-9-7-12-20(2)18(15)17-10-6-5-8-16(17)14-21-3/h5-6,8,10,15,18-19H,4,7,9,11-14H2,1-3H3. The molecule has 2 unspecified atom stereocenters. The first-order chi connectivity index (χ1) is 10.3. The Bertz CT molecular complexity index is 421. The molecule has 0 amide bonds. The number of methoxy groups -OCH3 is 1. The lowest BCUT2D eigenvalue weighted by molar-refractivity contribution is 0.115. The molecule has 1 heterocycles. The van der Waals surface area contributed by atoms with E-state index in [1.54, 1.807) is 7.11 Å². The number of likely N-dealkylation sites (tertiary alicyclic amines) is 1. The van der Waals surface area contributed by atoms with Crippen molar-refractivity contribution in [2.75, 3.05) is 33.8 Å². The molecule has 2 atom stereocenters. The zero-order valence-electron chi connectivity index (χ0n) is 13.8. The maximum absolute atomic E-state index is 5.39. The molecule has 1 aliphatic heterocycles. The fraction of sp³-hybridized carbons (Fsp3) is 0.667. The van der Waals surface area contributed by atoms with E-state index in [9.17, 15) is 0 Å². The normalized spacial score (nSPS) is 23.4. The van der Waals surface area contributed by atoms with Gasteiger partial charge in [0.2, 0.25) is 0 Å². The van der Waals surface area contributed by atoms with Gasteiger partial charge in [-0.2, -0.15) is 0 Å². The van der Waals surface area contributed by atoms with Crippen LogP contribution in [0.15, 0.2) is 24.3 Å². The average molecular weight is 290 g/mol. The summed E-state index contributed by atoms with van der Waals surface area (Å²) in [6, 6.07) is 9.28. The van der Waals surface area contributed by atoms with E-state index >= 15 is 0 Å². The van der Waals surface area contributed by atoms with Gasteiger partial charge in [0.15, 0.2) is 0 Å². The smallest absolute Gasteiger partial charge is 0.0716 e. The highest BCUT2D eigenvalue weighted by Gasteiger charge is 2.31. The molecule has 1 aromatic rings. The predicted octanol–water partition coefficient (Wildman–Crippen LogP) is 3.22. The van der Waals surface area contributed by atoms with Crippen LogP contribution >= 0.6 is 0 Å². The van der Waals surface area contributed by atoms with Crippen LogP contribution in [0.25, 0.3) is 0 Å². The zero-order chi connectivity index (χ0) is 15.1. The monoisotopic (exact) mass is 290 g/mol. The molecular weight excluding hydrogens is 260 g/mol. The number of ether oxygens (including phenoxy) is 1. The minimum absolute atomic E-state index is 0.509. The molecule has 0 saturated carbocycles. The second kappa shape index (κ2) is 8.52. The van der Waals surface area contributed by atoms with E-state index in [-0.39, 0.29) is 0 Å². The summed E-state index contributed by atoms with van der Waals surface area (Å²) in [4.78, 5) is 2.52.